The van der Waals surface area contributed by atoms with E-state index in [9.17, 15) is 14.9 Å². The molecule has 1 saturated heterocycles. The van der Waals surface area contributed by atoms with E-state index in [-0.39, 0.29) is 24.1 Å². The molecule has 1 aromatic carbocycles. The van der Waals surface area contributed by atoms with E-state index in [4.69, 9.17) is 10.5 Å². The van der Waals surface area contributed by atoms with Gasteiger partial charge < -0.3 is 15.8 Å². The third-order valence-electron chi connectivity index (χ3n) is 3.72. The first-order valence-corrected chi connectivity index (χ1v) is 6.93. The van der Waals surface area contributed by atoms with E-state index in [0.717, 1.165) is 12.8 Å². The van der Waals surface area contributed by atoms with Gasteiger partial charge in [-0.25, -0.2) is 0 Å². The summed E-state index contributed by atoms with van der Waals surface area (Å²) in [6, 6.07) is 5.74. The van der Waals surface area contributed by atoms with E-state index in [2.05, 4.69) is 5.32 Å². The van der Waals surface area contributed by atoms with Crippen LogP contribution in [0.1, 0.15) is 18.4 Å². The quantitative estimate of drug-likeness (QED) is 0.621. The Balaban J connectivity index is 1.93. The van der Waals surface area contributed by atoms with Crippen molar-refractivity contribution in [3.05, 3.63) is 39.9 Å². The number of nitro benzene ring substituents is 1. The number of rotatable bonds is 5. The van der Waals surface area contributed by atoms with Crippen molar-refractivity contribution in [3.63, 3.8) is 0 Å². The molecule has 0 spiro atoms. The van der Waals surface area contributed by atoms with Crippen LogP contribution in [-0.4, -0.2) is 30.1 Å². The summed E-state index contributed by atoms with van der Waals surface area (Å²) in [6.45, 7) is 1.35. The lowest BCUT2D eigenvalue weighted by Gasteiger charge is -2.26. The number of hydrogen-bond acceptors (Lipinski definition) is 5. The Labute approximate surface area is 122 Å². The van der Waals surface area contributed by atoms with Gasteiger partial charge in [0.05, 0.1) is 11.0 Å². The summed E-state index contributed by atoms with van der Waals surface area (Å²) in [6.07, 6.45) is 1.53. The highest BCUT2D eigenvalue weighted by atomic mass is 16.6. The second kappa shape index (κ2) is 7.14. The van der Waals surface area contributed by atoms with Crippen molar-refractivity contribution in [1.29, 1.82) is 0 Å². The molecule has 7 heteroatoms. The van der Waals surface area contributed by atoms with Crippen molar-refractivity contribution in [1.82, 2.24) is 5.32 Å². The maximum atomic E-state index is 12.0. The average Bonchev–Trinajstić information content (AvgIpc) is 2.52. The van der Waals surface area contributed by atoms with Crippen LogP contribution >= 0.6 is 0 Å². The number of hydrogen-bond donors (Lipinski definition) is 2. The number of nitrogens with two attached hydrogens (primary N) is 1. The largest absolute Gasteiger partial charge is 0.381 e. The van der Waals surface area contributed by atoms with Crippen molar-refractivity contribution < 1.29 is 14.5 Å². The SMILES string of the molecule is NC(C(=O)NCc1ccccc1[N+](=O)[O-])C1CCOCC1. The molecule has 0 aromatic heterocycles. The molecule has 1 amide bonds. The Morgan fingerprint density at radius 1 is 1.43 bits per heavy atom. The first-order valence-electron chi connectivity index (χ1n) is 6.93. The van der Waals surface area contributed by atoms with Gasteiger partial charge in [0.1, 0.15) is 0 Å². The molecule has 1 heterocycles. The molecular weight excluding hydrogens is 274 g/mol. The molecule has 0 saturated carbocycles. The minimum atomic E-state index is -0.600. The lowest BCUT2D eigenvalue weighted by molar-refractivity contribution is -0.385. The summed E-state index contributed by atoms with van der Waals surface area (Å²) in [5.41, 5.74) is 6.42. The second-order valence-corrected chi connectivity index (χ2v) is 5.08. The topological polar surface area (TPSA) is 107 Å². The highest BCUT2D eigenvalue weighted by Gasteiger charge is 2.26. The number of nitro groups is 1. The zero-order valence-electron chi connectivity index (χ0n) is 11.7. The van der Waals surface area contributed by atoms with Gasteiger partial charge in [0.25, 0.3) is 5.69 Å². The highest BCUT2D eigenvalue weighted by Crippen LogP contribution is 2.19. The summed E-state index contributed by atoms with van der Waals surface area (Å²) in [7, 11) is 0. The molecule has 1 fully saturated rings. The van der Waals surface area contributed by atoms with Gasteiger partial charge in [-0.15, -0.1) is 0 Å². The maximum Gasteiger partial charge on any atom is 0.274 e. The Kier molecular flexibility index (Phi) is 5.24. The molecule has 1 aliphatic heterocycles. The lowest BCUT2D eigenvalue weighted by atomic mass is 9.92. The number of para-hydroxylation sites is 1. The Morgan fingerprint density at radius 3 is 2.76 bits per heavy atom. The average molecular weight is 293 g/mol. The Hall–Kier alpha value is -1.99. The van der Waals surface area contributed by atoms with Crippen LogP contribution in [0.5, 0.6) is 0 Å². The predicted molar refractivity (Wildman–Crippen MR) is 76.5 cm³/mol. The Bertz CT molecular complexity index is 515. The monoisotopic (exact) mass is 293 g/mol. The molecule has 1 aliphatic rings. The van der Waals surface area contributed by atoms with Gasteiger partial charge >= 0.3 is 0 Å². The molecule has 1 unspecified atom stereocenters. The number of amides is 1. The molecule has 2 rings (SSSR count). The standard InChI is InChI=1S/C14H19N3O4/c15-13(10-5-7-21-8-6-10)14(18)16-9-11-3-1-2-4-12(11)17(19)20/h1-4,10,13H,5-9,15H2,(H,16,18). The highest BCUT2D eigenvalue weighted by molar-refractivity contribution is 5.81. The first kappa shape index (κ1) is 15.4. The Morgan fingerprint density at radius 2 is 2.10 bits per heavy atom. The summed E-state index contributed by atoms with van der Waals surface area (Å²) >= 11 is 0. The predicted octanol–water partition coefficient (Wildman–Crippen LogP) is 0.965. The van der Waals surface area contributed by atoms with E-state index in [0.29, 0.717) is 18.8 Å². The molecule has 114 valence electrons. The molecular formula is C14H19N3O4. The number of nitrogens with one attached hydrogen (secondary N) is 1. The van der Waals surface area contributed by atoms with E-state index < -0.39 is 11.0 Å². The van der Waals surface area contributed by atoms with Gasteiger partial charge in [-0.2, -0.15) is 0 Å². The van der Waals surface area contributed by atoms with Gasteiger partial charge in [0, 0.05) is 31.4 Å². The van der Waals surface area contributed by atoms with E-state index in [1.165, 1.54) is 6.07 Å². The normalized spacial score (nSPS) is 17.2. The molecule has 21 heavy (non-hydrogen) atoms. The third kappa shape index (κ3) is 3.99. The minimum Gasteiger partial charge on any atom is -0.381 e. The molecule has 0 radical (unpaired) electrons. The van der Waals surface area contributed by atoms with Crippen LogP contribution in [-0.2, 0) is 16.1 Å². The van der Waals surface area contributed by atoms with Crippen LogP contribution in [0.3, 0.4) is 0 Å². The van der Waals surface area contributed by atoms with Crippen molar-refractivity contribution in [3.8, 4) is 0 Å². The smallest absolute Gasteiger partial charge is 0.274 e. The van der Waals surface area contributed by atoms with Crippen molar-refractivity contribution in [2.75, 3.05) is 13.2 Å². The van der Waals surface area contributed by atoms with E-state index in [1.54, 1.807) is 18.2 Å². The number of benzene rings is 1. The molecule has 1 atom stereocenters. The third-order valence-corrected chi connectivity index (χ3v) is 3.72. The van der Waals surface area contributed by atoms with Crippen molar-refractivity contribution in [2.45, 2.75) is 25.4 Å². The number of ether oxygens (including phenoxy) is 1. The van der Waals surface area contributed by atoms with Crippen LogP contribution in [0.4, 0.5) is 5.69 Å². The summed E-state index contributed by atoms with van der Waals surface area (Å²) in [5.74, 6) is -0.176. The van der Waals surface area contributed by atoms with Crippen LogP contribution in [0.15, 0.2) is 24.3 Å². The molecule has 7 nitrogen and oxygen atoms in total. The summed E-state index contributed by atoms with van der Waals surface area (Å²) in [4.78, 5) is 22.5. The van der Waals surface area contributed by atoms with Crippen LogP contribution < -0.4 is 11.1 Å². The van der Waals surface area contributed by atoms with Crippen molar-refractivity contribution in [2.24, 2.45) is 11.7 Å². The van der Waals surface area contributed by atoms with Crippen molar-refractivity contribution >= 4 is 11.6 Å². The van der Waals surface area contributed by atoms with E-state index in [1.807, 2.05) is 0 Å². The zero-order valence-corrected chi connectivity index (χ0v) is 11.7. The van der Waals surface area contributed by atoms with Gasteiger partial charge in [-0.1, -0.05) is 18.2 Å². The number of carbonyl (C=O) groups is 1. The van der Waals surface area contributed by atoms with Gasteiger partial charge in [0.15, 0.2) is 0 Å². The lowest BCUT2D eigenvalue weighted by Crippen LogP contribution is -2.46. The minimum absolute atomic E-state index is 0.00237. The number of carbonyl (C=O) groups excluding carboxylic acids is 1. The van der Waals surface area contributed by atoms with Gasteiger partial charge in [-0.05, 0) is 18.8 Å². The number of nitrogens with zero attached hydrogens (tertiary/aromatic N) is 1. The molecule has 3 N–H and O–H groups in total. The van der Waals surface area contributed by atoms with Gasteiger partial charge in [0.2, 0.25) is 5.91 Å². The fourth-order valence-electron chi connectivity index (χ4n) is 2.43. The van der Waals surface area contributed by atoms with Crippen LogP contribution in [0, 0.1) is 16.0 Å². The fourth-order valence-corrected chi connectivity index (χ4v) is 2.43. The maximum absolute atomic E-state index is 12.0. The van der Waals surface area contributed by atoms with Crippen LogP contribution in [0.25, 0.3) is 0 Å². The fraction of sp³-hybridized carbons (Fsp3) is 0.500. The molecule has 0 bridgehead atoms. The molecule has 0 aliphatic carbocycles. The van der Waals surface area contributed by atoms with E-state index >= 15 is 0 Å². The van der Waals surface area contributed by atoms with Crippen LogP contribution in [0.2, 0.25) is 0 Å². The molecule has 1 aromatic rings. The summed E-state index contributed by atoms with van der Waals surface area (Å²) in [5, 5.41) is 13.6. The van der Waals surface area contributed by atoms with Gasteiger partial charge in [-0.3, -0.25) is 14.9 Å². The first-order chi connectivity index (χ1) is 10.1. The second-order valence-electron chi connectivity index (χ2n) is 5.08. The summed E-state index contributed by atoms with van der Waals surface area (Å²) < 4.78 is 5.24. The zero-order chi connectivity index (χ0) is 15.2.